The van der Waals surface area contributed by atoms with E-state index in [9.17, 15) is 9.18 Å². The molecule has 1 aliphatic rings. The Hall–Kier alpha value is -2.08. The van der Waals surface area contributed by atoms with Crippen molar-refractivity contribution >= 4 is 23.2 Å². The van der Waals surface area contributed by atoms with Crippen molar-refractivity contribution in [3.63, 3.8) is 0 Å². The standard InChI is InChI=1S/C16H18ClFN4O/c1-10-7-15(21(2)20-10)16(23)19-11-5-6-22(9-11)12-3-4-13(17)14(18)8-12/h3-4,7-8,11H,5-6,9H2,1-2H3,(H,19,23)/t11-/m1/s1. The van der Waals surface area contributed by atoms with E-state index in [4.69, 9.17) is 11.6 Å². The number of amides is 1. The highest BCUT2D eigenvalue weighted by molar-refractivity contribution is 6.30. The number of nitrogens with one attached hydrogen (secondary N) is 1. The number of hydrogen-bond donors (Lipinski definition) is 1. The molecule has 1 aromatic heterocycles. The molecule has 0 aliphatic carbocycles. The third-order valence-electron chi connectivity index (χ3n) is 4.03. The van der Waals surface area contributed by atoms with Crippen LogP contribution in [0, 0.1) is 12.7 Å². The molecule has 0 saturated carbocycles. The SMILES string of the molecule is Cc1cc(C(=O)N[C@@H]2CCN(c3ccc(Cl)c(F)c3)C2)n(C)n1. The zero-order chi connectivity index (χ0) is 16.6. The number of aromatic nitrogens is 2. The normalized spacial score (nSPS) is 17.6. The van der Waals surface area contributed by atoms with Gasteiger partial charge < -0.3 is 10.2 Å². The predicted octanol–water partition coefficient (Wildman–Crippen LogP) is 2.53. The van der Waals surface area contributed by atoms with Crippen molar-refractivity contribution in [3.8, 4) is 0 Å². The van der Waals surface area contributed by atoms with E-state index < -0.39 is 5.82 Å². The summed E-state index contributed by atoms with van der Waals surface area (Å²) in [5.74, 6) is -0.566. The van der Waals surface area contributed by atoms with Crippen LogP contribution in [0.3, 0.4) is 0 Å². The molecule has 2 heterocycles. The van der Waals surface area contributed by atoms with E-state index in [-0.39, 0.29) is 17.0 Å². The van der Waals surface area contributed by atoms with Crippen molar-refractivity contribution in [3.05, 3.63) is 46.5 Å². The molecule has 1 aliphatic heterocycles. The quantitative estimate of drug-likeness (QED) is 0.937. The number of anilines is 1. The van der Waals surface area contributed by atoms with E-state index in [2.05, 4.69) is 10.4 Å². The van der Waals surface area contributed by atoms with Gasteiger partial charge in [-0.25, -0.2) is 4.39 Å². The summed E-state index contributed by atoms with van der Waals surface area (Å²) in [5, 5.41) is 7.31. The summed E-state index contributed by atoms with van der Waals surface area (Å²) in [7, 11) is 1.75. The predicted molar refractivity (Wildman–Crippen MR) is 87.4 cm³/mol. The second-order valence-corrected chi connectivity index (χ2v) is 6.21. The van der Waals surface area contributed by atoms with Crippen molar-refractivity contribution in [2.24, 2.45) is 7.05 Å². The Bertz CT molecular complexity index is 746. The van der Waals surface area contributed by atoms with Crippen LogP contribution in [0.2, 0.25) is 5.02 Å². The van der Waals surface area contributed by atoms with Gasteiger partial charge >= 0.3 is 0 Å². The molecule has 1 N–H and O–H groups in total. The largest absolute Gasteiger partial charge is 0.369 e. The molecule has 1 saturated heterocycles. The first-order chi connectivity index (χ1) is 10.9. The van der Waals surface area contributed by atoms with E-state index in [1.165, 1.54) is 6.07 Å². The van der Waals surface area contributed by atoms with Crippen molar-refractivity contribution in [1.82, 2.24) is 15.1 Å². The fourth-order valence-electron chi connectivity index (χ4n) is 2.88. The van der Waals surface area contributed by atoms with E-state index in [0.717, 1.165) is 24.3 Å². The summed E-state index contributed by atoms with van der Waals surface area (Å²) < 4.78 is 15.1. The minimum Gasteiger partial charge on any atom is -0.369 e. The smallest absolute Gasteiger partial charge is 0.269 e. The number of benzene rings is 1. The van der Waals surface area contributed by atoms with Crippen LogP contribution >= 0.6 is 11.6 Å². The molecule has 122 valence electrons. The van der Waals surface area contributed by atoms with Crippen LogP contribution in [0.1, 0.15) is 22.6 Å². The van der Waals surface area contributed by atoms with Crippen LogP contribution in [-0.4, -0.2) is 34.8 Å². The monoisotopic (exact) mass is 336 g/mol. The molecule has 3 rings (SSSR count). The van der Waals surface area contributed by atoms with Gasteiger partial charge in [0.15, 0.2) is 0 Å². The molecule has 0 bridgehead atoms. The van der Waals surface area contributed by atoms with Gasteiger partial charge in [0.1, 0.15) is 11.5 Å². The fourth-order valence-corrected chi connectivity index (χ4v) is 2.99. The Morgan fingerprint density at radius 3 is 2.87 bits per heavy atom. The van der Waals surface area contributed by atoms with Crippen LogP contribution in [0.15, 0.2) is 24.3 Å². The number of nitrogens with zero attached hydrogens (tertiary/aromatic N) is 3. The van der Waals surface area contributed by atoms with Crippen molar-refractivity contribution < 1.29 is 9.18 Å². The highest BCUT2D eigenvalue weighted by Gasteiger charge is 2.25. The second-order valence-electron chi connectivity index (χ2n) is 5.80. The highest BCUT2D eigenvalue weighted by atomic mass is 35.5. The van der Waals surface area contributed by atoms with Crippen LogP contribution in [0.25, 0.3) is 0 Å². The first-order valence-electron chi connectivity index (χ1n) is 7.45. The van der Waals surface area contributed by atoms with Gasteiger partial charge in [0, 0.05) is 31.9 Å². The Balaban J connectivity index is 1.64. The summed E-state index contributed by atoms with van der Waals surface area (Å²) in [5.41, 5.74) is 2.13. The minimum absolute atomic E-state index is 0.0245. The van der Waals surface area contributed by atoms with E-state index in [1.54, 1.807) is 29.9 Å². The molecule has 7 heteroatoms. The number of hydrogen-bond acceptors (Lipinski definition) is 3. The lowest BCUT2D eigenvalue weighted by Gasteiger charge is -2.19. The lowest BCUT2D eigenvalue weighted by Crippen LogP contribution is -2.37. The minimum atomic E-state index is -0.429. The topological polar surface area (TPSA) is 50.2 Å². The van der Waals surface area contributed by atoms with Crippen molar-refractivity contribution in [2.45, 2.75) is 19.4 Å². The molecule has 0 spiro atoms. The Kier molecular flexibility index (Phi) is 4.26. The Morgan fingerprint density at radius 2 is 2.22 bits per heavy atom. The van der Waals surface area contributed by atoms with Gasteiger partial charge in [0.2, 0.25) is 0 Å². The number of rotatable bonds is 3. The summed E-state index contributed by atoms with van der Waals surface area (Å²) in [4.78, 5) is 14.3. The average molecular weight is 337 g/mol. The molecule has 0 unspecified atom stereocenters. The lowest BCUT2D eigenvalue weighted by atomic mass is 10.2. The molecule has 5 nitrogen and oxygen atoms in total. The summed E-state index contributed by atoms with van der Waals surface area (Å²) in [6, 6.07) is 6.56. The maximum absolute atomic E-state index is 13.6. The first kappa shape index (κ1) is 15.8. The molecule has 0 radical (unpaired) electrons. The number of carbonyl (C=O) groups excluding carboxylic acids is 1. The number of carbonyl (C=O) groups is 1. The molecule has 2 aromatic rings. The van der Waals surface area contributed by atoms with Gasteiger partial charge in [-0.05, 0) is 37.6 Å². The molecule has 1 fully saturated rings. The number of halogens is 2. The molecule has 23 heavy (non-hydrogen) atoms. The van der Waals surface area contributed by atoms with E-state index in [1.807, 2.05) is 11.8 Å². The number of aryl methyl sites for hydroxylation is 2. The third-order valence-corrected chi connectivity index (χ3v) is 4.33. The maximum atomic E-state index is 13.6. The lowest BCUT2D eigenvalue weighted by molar-refractivity contribution is 0.0931. The second kappa shape index (κ2) is 6.20. The Morgan fingerprint density at radius 1 is 1.43 bits per heavy atom. The molecular weight excluding hydrogens is 319 g/mol. The Labute approximate surface area is 139 Å². The summed E-state index contributed by atoms with van der Waals surface area (Å²) in [6.07, 6.45) is 0.812. The van der Waals surface area contributed by atoms with Crippen LogP contribution in [-0.2, 0) is 7.05 Å². The average Bonchev–Trinajstić information content (AvgIpc) is 3.08. The molecule has 1 atom stereocenters. The van der Waals surface area contributed by atoms with Crippen LogP contribution in [0.4, 0.5) is 10.1 Å². The third kappa shape index (κ3) is 3.32. The van der Waals surface area contributed by atoms with E-state index >= 15 is 0 Å². The van der Waals surface area contributed by atoms with Gasteiger partial charge in [-0.3, -0.25) is 9.48 Å². The molecule has 1 amide bonds. The van der Waals surface area contributed by atoms with Crippen LogP contribution in [0.5, 0.6) is 0 Å². The van der Waals surface area contributed by atoms with Gasteiger partial charge in [-0.1, -0.05) is 11.6 Å². The van der Waals surface area contributed by atoms with E-state index in [0.29, 0.717) is 12.2 Å². The van der Waals surface area contributed by atoms with Gasteiger partial charge in [0.25, 0.3) is 5.91 Å². The highest BCUT2D eigenvalue weighted by Crippen LogP contribution is 2.25. The molecule has 1 aromatic carbocycles. The van der Waals surface area contributed by atoms with Gasteiger partial charge in [0.05, 0.1) is 10.7 Å². The fraction of sp³-hybridized carbons (Fsp3) is 0.375. The van der Waals surface area contributed by atoms with Crippen molar-refractivity contribution in [1.29, 1.82) is 0 Å². The zero-order valence-electron chi connectivity index (χ0n) is 13.0. The first-order valence-corrected chi connectivity index (χ1v) is 7.83. The van der Waals surface area contributed by atoms with Gasteiger partial charge in [-0.15, -0.1) is 0 Å². The van der Waals surface area contributed by atoms with Crippen LogP contribution < -0.4 is 10.2 Å². The summed E-state index contributed by atoms with van der Waals surface area (Å²) in [6.45, 7) is 3.25. The van der Waals surface area contributed by atoms with Gasteiger partial charge in [-0.2, -0.15) is 5.10 Å². The zero-order valence-corrected chi connectivity index (χ0v) is 13.8. The maximum Gasteiger partial charge on any atom is 0.269 e. The van der Waals surface area contributed by atoms with Crippen molar-refractivity contribution in [2.75, 3.05) is 18.0 Å². The summed E-state index contributed by atoms with van der Waals surface area (Å²) >= 11 is 5.71. The molecular formula is C16H18ClFN4O.